The number of unbranched alkanes of at least 4 members (excludes halogenated alkanes) is 1. The van der Waals surface area contributed by atoms with E-state index in [1.165, 1.54) is 6.33 Å². The first kappa shape index (κ1) is 14.2. The van der Waals surface area contributed by atoms with Crippen LogP contribution >= 0.6 is 15.9 Å². The number of nitrogens with one attached hydrogen (secondary N) is 2. The molecule has 1 aromatic rings. The van der Waals surface area contributed by atoms with Crippen LogP contribution in [-0.4, -0.2) is 29.7 Å². The molecule has 0 aliphatic carbocycles. The molecule has 0 radical (unpaired) electrons. The zero-order valence-electron chi connectivity index (χ0n) is 9.96. The SMILES string of the molecule is CCCCOCCCNc1nc[nH]c(=O)c1Br. The highest BCUT2D eigenvalue weighted by molar-refractivity contribution is 9.10. The molecular weight excluding hydrogens is 286 g/mol. The van der Waals surface area contributed by atoms with Crippen LogP contribution in [0.5, 0.6) is 0 Å². The molecule has 0 fully saturated rings. The topological polar surface area (TPSA) is 67.0 Å². The summed E-state index contributed by atoms with van der Waals surface area (Å²) in [5.41, 5.74) is -0.179. The van der Waals surface area contributed by atoms with Crippen LogP contribution in [0.2, 0.25) is 0 Å². The average molecular weight is 304 g/mol. The van der Waals surface area contributed by atoms with Crippen molar-refractivity contribution in [3.63, 3.8) is 0 Å². The number of hydrogen-bond acceptors (Lipinski definition) is 4. The van der Waals surface area contributed by atoms with Crippen molar-refractivity contribution >= 4 is 21.7 Å². The Morgan fingerprint density at radius 2 is 2.24 bits per heavy atom. The van der Waals surface area contributed by atoms with Crippen molar-refractivity contribution in [1.82, 2.24) is 9.97 Å². The fraction of sp³-hybridized carbons (Fsp3) is 0.636. The van der Waals surface area contributed by atoms with E-state index in [-0.39, 0.29) is 5.56 Å². The van der Waals surface area contributed by atoms with Crippen LogP contribution in [0.25, 0.3) is 0 Å². The van der Waals surface area contributed by atoms with Gasteiger partial charge in [0.15, 0.2) is 0 Å². The second-order valence-electron chi connectivity index (χ2n) is 3.64. The van der Waals surface area contributed by atoms with Crippen molar-refractivity contribution < 1.29 is 4.74 Å². The smallest absolute Gasteiger partial charge is 0.267 e. The molecule has 0 amide bonds. The van der Waals surface area contributed by atoms with Gasteiger partial charge < -0.3 is 15.0 Å². The second-order valence-corrected chi connectivity index (χ2v) is 4.43. The van der Waals surface area contributed by atoms with Crippen molar-refractivity contribution in [2.24, 2.45) is 0 Å². The molecule has 0 saturated carbocycles. The van der Waals surface area contributed by atoms with Crippen molar-refractivity contribution in [2.75, 3.05) is 25.1 Å². The number of halogens is 1. The lowest BCUT2D eigenvalue weighted by Crippen LogP contribution is -2.13. The molecule has 0 aliphatic rings. The van der Waals surface area contributed by atoms with Crippen molar-refractivity contribution in [2.45, 2.75) is 26.2 Å². The van der Waals surface area contributed by atoms with Crippen LogP contribution in [0.4, 0.5) is 5.82 Å². The fourth-order valence-corrected chi connectivity index (χ4v) is 1.59. The average Bonchev–Trinajstić information content (AvgIpc) is 2.33. The van der Waals surface area contributed by atoms with E-state index in [2.05, 4.69) is 38.1 Å². The Hall–Kier alpha value is -0.880. The van der Waals surface area contributed by atoms with Crippen molar-refractivity contribution in [3.05, 3.63) is 21.2 Å². The molecule has 2 N–H and O–H groups in total. The summed E-state index contributed by atoms with van der Waals surface area (Å²) < 4.78 is 5.86. The highest BCUT2D eigenvalue weighted by Crippen LogP contribution is 2.12. The molecule has 0 spiro atoms. The number of anilines is 1. The lowest BCUT2D eigenvalue weighted by atomic mass is 10.3. The number of ether oxygens (including phenoxy) is 1. The Morgan fingerprint density at radius 3 is 3.00 bits per heavy atom. The monoisotopic (exact) mass is 303 g/mol. The standard InChI is InChI=1S/C11H18BrN3O2/c1-2-3-6-17-7-4-5-13-10-9(12)11(16)15-8-14-10/h8H,2-7H2,1H3,(H2,13,14,15,16). The lowest BCUT2D eigenvalue weighted by molar-refractivity contribution is 0.131. The molecule has 0 aromatic carbocycles. The molecule has 6 heteroatoms. The molecule has 96 valence electrons. The minimum atomic E-state index is -0.179. The molecule has 0 unspecified atom stereocenters. The number of aromatic nitrogens is 2. The molecule has 1 aromatic heterocycles. The van der Waals surface area contributed by atoms with Crippen LogP contribution in [-0.2, 0) is 4.74 Å². The van der Waals surface area contributed by atoms with Crippen LogP contribution in [0.3, 0.4) is 0 Å². The summed E-state index contributed by atoms with van der Waals surface area (Å²) in [6, 6.07) is 0. The fourth-order valence-electron chi connectivity index (χ4n) is 1.24. The van der Waals surface area contributed by atoms with Gasteiger partial charge in [-0.05, 0) is 28.8 Å². The first-order valence-electron chi connectivity index (χ1n) is 5.80. The predicted octanol–water partition coefficient (Wildman–Crippen LogP) is 2.15. The summed E-state index contributed by atoms with van der Waals surface area (Å²) in [7, 11) is 0. The van der Waals surface area contributed by atoms with Gasteiger partial charge in [-0.3, -0.25) is 4.79 Å². The van der Waals surface area contributed by atoms with Gasteiger partial charge in [0, 0.05) is 19.8 Å². The van der Waals surface area contributed by atoms with E-state index in [4.69, 9.17) is 4.74 Å². The third-order valence-electron chi connectivity index (χ3n) is 2.20. The molecule has 1 rings (SSSR count). The number of H-pyrrole nitrogens is 1. The normalized spacial score (nSPS) is 10.5. The van der Waals surface area contributed by atoms with E-state index in [1.54, 1.807) is 0 Å². The Balaban J connectivity index is 2.18. The van der Waals surface area contributed by atoms with E-state index in [0.717, 1.165) is 39.0 Å². The van der Waals surface area contributed by atoms with E-state index in [9.17, 15) is 4.79 Å². The molecule has 5 nitrogen and oxygen atoms in total. The third-order valence-corrected chi connectivity index (χ3v) is 2.93. The zero-order chi connectivity index (χ0) is 12.5. The van der Waals surface area contributed by atoms with Crippen LogP contribution in [0.15, 0.2) is 15.6 Å². The van der Waals surface area contributed by atoms with Gasteiger partial charge in [-0.15, -0.1) is 0 Å². The first-order valence-corrected chi connectivity index (χ1v) is 6.59. The Labute approximate surface area is 109 Å². The zero-order valence-corrected chi connectivity index (χ0v) is 11.5. The van der Waals surface area contributed by atoms with Crippen LogP contribution in [0.1, 0.15) is 26.2 Å². The Morgan fingerprint density at radius 1 is 1.47 bits per heavy atom. The van der Waals surface area contributed by atoms with E-state index >= 15 is 0 Å². The van der Waals surface area contributed by atoms with Crippen LogP contribution in [0, 0.1) is 0 Å². The van der Waals surface area contributed by atoms with Gasteiger partial charge in [0.1, 0.15) is 10.3 Å². The second kappa shape index (κ2) is 8.25. The molecule has 0 aliphatic heterocycles. The minimum Gasteiger partial charge on any atom is -0.381 e. The predicted molar refractivity (Wildman–Crippen MR) is 71.4 cm³/mol. The first-order chi connectivity index (χ1) is 8.25. The van der Waals surface area contributed by atoms with E-state index in [0.29, 0.717) is 10.3 Å². The Bertz CT molecular complexity index is 381. The van der Waals surface area contributed by atoms with Gasteiger partial charge >= 0.3 is 0 Å². The summed E-state index contributed by atoms with van der Waals surface area (Å²) in [4.78, 5) is 17.8. The number of hydrogen-bond donors (Lipinski definition) is 2. The van der Waals surface area contributed by atoms with Gasteiger partial charge in [0.25, 0.3) is 5.56 Å². The van der Waals surface area contributed by atoms with Gasteiger partial charge in [0.05, 0.1) is 6.33 Å². The van der Waals surface area contributed by atoms with Gasteiger partial charge in [-0.2, -0.15) is 0 Å². The molecule has 0 saturated heterocycles. The maximum atomic E-state index is 11.2. The number of nitrogens with zero attached hydrogens (tertiary/aromatic N) is 1. The summed E-state index contributed by atoms with van der Waals surface area (Å²) in [6.45, 7) is 4.43. The molecular formula is C11H18BrN3O2. The van der Waals surface area contributed by atoms with Gasteiger partial charge in [-0.1, -0.05) is 13.3 Å². The molecule has 0 atom stereocenters. The lowest BCUT2D eigenvalue weighted by Gasteiger charge is -2.06. The number of rotatable bonds is 8. The maximum absolute atomic E-state index is 11.2. The van der Waals surface area contributed by atoms with E-state index in [1.807, 2.05) is 0 Å². The molecule has 17 heavy (non-hydrogen) atoms. The van der Waals surface area contributed by atoms with Crippen molar-refractivity contribution in [1.29, 1.82) is 0 Å². The Kier molecular flexibility index (Phi) is 6.88. The van der Waals surface area contributed by atoms with Gasteiger partial charge in [-0.25, -0.2) is 4.98 Å². The highest BCUT2D eigenvalue weighted by Gasteiger charge is 2.03. The number of aromatic amines is 1. The molecule has 1 heterocycles. The summed E-state index contributed by atoms with van der Waals surface area (Å²) in [6.07, 6.45) is 4.54. The van der Waals surface area contributed by atoms with Crippen LogP contribution < -0.4 is 10.9 Å². The van der Waals surface area contributed by atoms with Gasteiger partial charge in [0.2, 0.25) is 0 Å². The van der Waals surface area contributed by atoms with E-state index < -0.39 is 0 Å². The summed E-state index contributed by atoms with van der Waals surface area (Å²) in [5, 5.41) is 3.09. The third kappa shape index (κ3) is 5.32. The van der Waals surface area contributed by atoms with Crippen molar-refractivity contribution in [3.8, 4) is 0 Å². The summed E-state index contributed by atoms with van der Waals surface area (Å²) in [5.74, 6) is 0.572. The highest BCUT2D eigenvalue weighted by atomic mass is 79.9. The minimum absolute atomic E-state index is 0.179. The summed E-state index contributed by atoms with van der Waals surface area (Å²) >= 11 is 3.18. The largest absolute Gasteiger partial charge is 0.381 e. The quantitative estimate of drug-likeness (QED) is 0.722. The molecule has 0 bridgehead atoms. The maximum Gasteiger partial charge on any atom is 0.267 e.